The van der Waals surface area contributed by atoms with Gasteiger partial charge in [0.25, 0.3) is 0 Å². The molecule has 1 aromatic rings. The van der Waals surface area contributed by atoms with Crippen LogP contribution in [0.15, 0.2) is 18.2 Å². The number of hydrogen-bond acceptors (Lipinski definition) is 3. The van der Waals surface area contributed by atoms with Crippen LogP contribution in [-0.4, -0.2) is 16.7 Å². The fourth-order valence-electron chi connectivity index (χ4n) is 2.12. The standard InChI is InChI=1S/C15H25N3/c1-6-14-13(10-12(5)17-18-14)15(16-7-2)9-8-11(3)4/h10,15-16H,3,6-9H2,1-2,4-5H3. The van der Waals surface area contributed by atoms with Crippen molar-refractivity contribution in [1.82, 2.24) is 15.5 Å². The molecule has 1 aromatic heterocycles. The molecule has 3 nitrogen and oxygen atoms in total. The van der Waals surface area contributed by atoms with E-state index in [-0.39, 0.29) is 0 Å². The Morgan fingerprint density at radius 2 is 2.11 bits per heavy atom. The summed E-state index contributed by atoms with van der Waals surface area (Å²) in [5, 5.41) is 12.0. The Labute approximate surface area is 111 Å². The molecule has 0 saturated carbocycles. The van der Waals surface area contributed by atoms with Gasteiger partial charge in [0.15, 0.2) is 0 Å². The van der Waals surface area contributed by atoms with Gasteiger partial charge in [-0.3, -0.25) is 0 Å². The van der Waals surface area contributed by atoms with E-state index in [0.717, 1.165) is 37.2 Å². The van der Waals surface area contributed by atoms with Crippen molar-refractivity contribution >= 4 is 0 Å². The highest BCUT2D eigenvalue weighted by Gasteiger charge is 2.15. The fraction of sp³-hybridized carbons (Fsp3) is 0.600. The predicted octanol–water partition coefficient (Wildman–Crippen LogP) is 3.35. The first-order valence-electron chi connectivity index (χ1n) is 6.79. The van der Waals surface area contributed by atoms with Crippen LogP contribution in [0.25, 0.3) is 0 Å². The summed E-state index contributed by atoms with van der Waals surface area (Å²) in [4.78, 5) is 0. The molecule has 1 atom stereocenters. The zero-order valence-electron chi connectivity index (χ0n) is 12.1. The highest BCUT2D eigenvalue weighted by molar-refractivity contribution is 5.25. The first kappa shape index (κ1) is 14.8. The Morgan fingerprint density at radius 1 is 1.39 bits per heavy atom. The van der Waals surface area contributed by atoms with Gasteiger partial charge in [0.05, 0.1) is 11.4 Å². The Kier molecular flexibility index (Phi) is 5.99. The van der Waals surface area contributed by atoms with Crippen LogP contribution < -0.4 is 5.32 Å². The number of rotatable bonds is 7. The third-order valence-corrected chi connectivity index (χ3v) is 3.05. The first-order valence-corrected chi connectivity index (χ1v) is 6.79. The van der Waals surface area contributed by atoms with E-state index in [1.165, 1.54) is 11.1 Å². The topological polar surface area (TPSA) is 37.8 Å². The Bertz CT molecular complexity index is 399. The van der Waals surface area contributed by atoms with E-state index in [9.17, 15) is 0 Å². The van der Waals surface area contributed by atoms with Crippen molar-refractivity contribution in [3.8, 4) is 0 Å². The number of nitrogens with zero attached hydrogens (tertiary/aromatic N) is 2. The van der Waals surface area contributed by atoms with Gasteiger partial charge >= 0.3 is 0 Å². The minimum absolute atomic E-state index is 0.357. The molecule has 1 heterocycles. The lowest BCUT2D eigenvalue weighted by Crippen LogP contribution is -2.23. The quantitative estimate of drug-likeness (QED) is 0.751. The number of allylic oxidation sites excluding steroid dienone is 1. The van der Waals surface area contributed by atoms with Crippen molar-refractivity contribution in [2.24, 2.45) is 0 Å². The molecule has 0 fully saturated rings. The summed E-state index contributed by atoms with van der Waals surface area (Å²) in [6, 6.07) is 2.52. The molecule has 0 saturated heterocycles. The molecule has 0 spiro atoms. The van der Waals surface area contributed by atoms with E-state index >= 15 is 0 Å². The highest BCUT2D eigenvalue weighted by Crippen LogP contribution is 2.23. The molecular formula is C15H25N3. The first-order chi connectivity index (χ1) is 8.58. The van der Waals surface area contributed by atoms with Gasteiger partial charge in [-0.25, -0.2) is 0 Å². The van der Waals surface area contributed by atoms with Crippen LogP contribution in [0, 0.1) is 6.92 Å². The van der Waals surface area contributed by atoms with E-state index in [1.54, 1.807) is 0 Å². The normalized spacial score (nSPS) is 12.4. The minimum Gasteiger partial charge on any atom is -0.310 e. The molecular weight excluding hydrogens is 222 g/mol. The maximum Gasteiger partial charge on any atom is 0.0676 e. The lowest BCUT2D eigenvalue weighted by Gasteiger charge is -2.20. The second-order valence-corrected chi connectivity index (χ2v) is 4.85. The molecule has 0 amide bonds. The zero-order valence-corrected chi connectivity index (χ0v) is 12.1. The summed E-state index contributed by atoms with van der Waals surface area (Å²) >= 11 is 0. The van der Waals surface area contributed by atoms with Gasteiger partial charge in [-0.1, -0.05) is 19.4 Å². The molecule has 1 rings (SSSR count). The van der Waals surface area contributed by atoms with Gasteiger partial charge < -0.3 is 5.32 Å². The maximum atomic E-state index is 4.31. The summed E-state index contributed by atoms with van der Waals surface area (Å²) < 4.78 is 0. The van der Waals surface area contributed by atoms with Crippen molar-refractivity contribution < 1.29 is 0 Å². The van der Waals surface area contributed by atoms with E-state index in [0.29, 0.717) is 6.04 Å². The third kappa shape index (κ3) is 4.22. The SMILES string of the molecule is C=C(C)CCC(NCC)c1cc(C)nnc1CC. The monoisotopic (exact) mass is 247 g/mol. The number of aryl methyl sites for hydroxylation is 2. The Morgan fingerprint density at radius 3 is 2.67 bits per heavy atom. The van der Waals surface area contributed by atoms with E-state index in [2.05, 4.69) is 48.9 Å². The number of nitrogens with one attached hydrogen (secondary N) is 1. The van der Waals surface area contributed by atoms with Crippen molar-refractivity contribution in [2.75, 3.05) is 6.54 Å². The smallest absolute Gasteiger partial charge is 0.0676 e. The lowest BCUT2D eigenvalue weighted by molar-refractivity contribution is 0.506. The third-order valence-electron chi connectivity index (χ3n) is 3.05. The average molecular weight is 247 g/mol. The van der Waals surface area contributed by atoms with Crippen molar-refractivity contribution in [3.05, 3.63) is 35.2 Å². The molecule has 0 aliphatic heterocycles. The van der Waals surface area contributed by atoms with E-state index in [1.807, 2.05) is 6.92 Å². The van der Waals surface area contributed by atoms with Crippen LogP contribution in [0.3, 0.4) is 0 Å². The molecule has 100 valence electrons. The van der Waals surface area contributed by atoms with Gasteiger partial charge in [0.1, 0.15) is 0 Å². The molecule has 0 radical (unpaired) electrons. The average Bonchev–Trinajstić information content (AvgIpc) is 2.34. The summed E-state index contributed by atoms with van der Waals surface area (Å²) in [5.41, 5.74) is 4.62. The van der Waals surface area contributed by atoms with E-state index < -0.39 is 0 Å². The van der Waals surface area contributed by atoms with Crippen LogP contribution in [0.1, 0.15) is 56.6 Å². The maximum absolute atomic E-state index is 4.31. The Hall–Kier alpha value is -1.22. The molecule has 1 N–H and O–H groups in total. The zero-order chi connectivity index (χ0) is 13.5. The summed E-state index contributed by atoms with van der Waals surface area (Å²) in [6.07, 6.45) is 3.04. The molecule has 0 aromatic carbocycles. The van der Waals surface area contributed by atoms with Gasteiger partial charge in [0.2, 0.25) is 0 Å². The van der Waals surface area contributed by atoms with Crippen LogP contribution in [0.4, 0.5) is 0 Å². The highest BCUT2D eigenvalue weighted by atomic mass is 15.1. The predicted molar refractivity (Wildman–Crippen MR) is 76.6 cm³/mol. The lowest BCUT2D eigenvalue weighted by atomic mass is 9.97. The van der Waals surface area contributed by atoms with Crippen LogP contribution in [0.5, 0.6) is 0 Å². The Balaban J connectivity index is 2.95. The van der Waals surface area contributed by atoms with Crippen LogP contribution in [0.2, 0.25) is 0 Å². The summed E-state index contributed by atoms with van der Waals surface area (Å²) in [6.45, 7) is 13.3. The van der Waals surface area contributed by atoms with Crippen LogP contribution in [-0.2, 0) is 6.42 Å². The van der Waals surface area contributed by atoms with Gasteiger partial charge in [0, 0.05) is 6.04 Å². The molecule has 0 aliphatic rings. The van der Waals surface area contributed by atoms with Crippen LogP contribution >= 0.6 is 0 Å². The minimum atomic E-state index is 0.357. The summed E-state index contributed by atoms with van der Waals surface area (Å²) in [5.74, 6) is 0. The molecule has 18 heavy (non-hydrogen) atoms. The molecule has 1 unspecified atom stereocenters. The van der Waals surface area contributed by atoms with E-state index in [4.69, 9.17) is 0 Å². The molecule has 3 heteroatoms. The largest absolute Gasteiger partial charge is 0.310 e. The summed E-state index contributed by atoms with van der Waals surface area (Å²) in [7, 11) is 0. The molecule has 0 aliphatic carbocycles. The second kappa shape index (κ2) is 7.27. The second-order valence-electron chi connectivity index (χ2n) is 4.85. The fourth-order valence-corrected chi connectivity index (χ4v) is 2.12. The number of hydrogen-bond donors (Lipinski definition) is 1. The van der Waals surface area contributed by atoms with Gasteiger partial charge in [-0.15, -0.1) is 6.58 Å². The van der Waals surface area contributed by atoms with Crippen molar-refractivity contribution in [3.63, 3.8) is 0 Å². The van der Waals surface area contributed by atoms with Gasteiger partial charge in [-0.2, -0.15) is 10.2 Å². The number of aromatic nitrogens is 2. The van der Waals surface area contributed by atoms with Crippen molar-refractivity contribution in [2.45, 2.75) is 53.0 Å². The van der Waals surface area contributed by atoms with Crippen molar-refractivity contribution in [1.29, 1.82) is 0 Å². The van der Waals surface area contributed by atoms with Gasteiger partial charge in [-0.05, 0) is 51.3 Å². The molecule has 0 bridgehead atoms.